The zero-order valence-electron chi connectivity index (χ0n) is 29.0. The van der Waals surface area contributed by atoms with E-state index in [2.05, 4.69) is 15.5 Å². The van der Waals surface area contributed by atoms with E-state index in [1.165, 1.54) is 23.5 Å². The Morgan fingerprint density at radius 2 is 1.65 bits per heavy atom. The molecule has 2 aromatic carbocycles. The van der Waals surface area contributed by atoms with Crippen molar-refractivity contribution in [2.75, 3.05) is 70.6 Å². The van der Waals surface area contributed by atoms with Crippen LogP contribution in [0, 0.1) is 6.92 Å². The topological polar surface area (TPSA) is 148 Å². The highest BCUT2D eigenvalue weighted by molar-refractivity contribution is 8.38. The summed E-state index contributed by atoms with van der Waals surface area (Å²) < 4.78 is 5.69. The van der Waals surface area contributed by atoms with Crippen LogP contribution in [0.1, 0.15) is 22.5 Å². The maximum atomic E-state index is 12.2. The Labute approximate surface area is 313 Å². The first-order valence-electron chi connectivity index (χ1n) is 16.7. The van der Waals surface area contributed by atoms with Gasteiger partial charge in [-0.05, 0) is 86.3 Å². The molecule has 0 fully saturated rings. The van der Waals surface area contributed by atoms with Crippen LogP contribution in [-0.4, -0.2) is 123 Å². The molecule has 0 amide bonds. The molecule has 0 saturated carbocycles. The molecule has 2 bridgehead atoms. The molecule has 1 unspecified atom stereocenters. The zero-order valence-corrected chi connectivity index (χ0v) is 31.4. The number of carbonyl (C=O) groups is 3. The molecule has 12 nitrogen and oxygen atoms in total. The lowest BCUT2D eigenvalue weighted by Crippen LogP contribution is -2.49. The predicted molar refractivity (Wildman–Crippen MR) is 207 cm³/mol. The molecule has 4 N–H and O–H groups in total. The fourth-order valence-corrected chi connectivity index (χ4v) is 7.36. The van der Waals surface area contributed by atoms with Crippen molar-refractivity contribution in [3.05, 3.63) is 89.2 Å². The molecule has 0 aliphatic carbocycles. The second-order valence-electron chi connectivity index (χ2n) is 12.3. The molecule has 3 aromatic rings. The van der Waals surface area contributed by atoms with Gasteiger partial charge in [0.1, 0.15) is 0 Å². The highest BCUT2D eigenvalue weighted by Crippen LogP contribution is 2.26. The summed E-state index contributed by atoms with van der Waals surface area (Å²) in [6.45, 7) is 5.53. The van der Waals surface area contributed by atoms with Gasteiger partial charge in [-0.15, -0.1) is 0 Å². The number of hydrogen-bond donors (Lipinski definition) is 4. The highest BCUT2D eigenvalue weighted by atomic mass is 32.2. The SMILES string of the molecule is Cc1ccc(SC(=O)SCCOCCNC(=S)Nc2ccc(CC3CN(CC(=O)O)CCN(C)Cc4cccc(n4)CN3CC(=O)O)cc2)cc1. The summed E-state index contributed by atoms with van der Waals surface area (Å²) in [4.78, 5) is 47.6. The Balaban J connectivity index is 1.28. The van der Waals surface area contributed by atoms with Crippen molar-refractivity contribution in [3.63, 3.8) is 0 Å². The zero-order chi connectivity index (χ0) is 36.6. The molecule has 0 radical (unpaired) electrons. The van der Waals surface area contributed by atoms with E-state index in [0.29, 0.717) is 69.8 Å². The summed E-state index contributed by atoms with van der Waals surface area (Å²) in [5.41, 5.74) is 4.57. The van der Waals surface area contributed by atoms with Crippen molar-refractivity contribution in [1.82, 2.24) is 25.0 Å². The summed E-state index contributed by atoms with van der Waals surface area (Å²) >= 11 is 7.92. The number of thiocarbonyl (C=S) groups is 1. The van der Waals surface area contributed by atoms with Crippen molar-refractivity contribution in [3.8, 4) is 0 Å². The van der Waals surface area contributed by atoms with E-state index in [1.54, 1.807) is 0 Å². The Hall–Kier alpha value is -3.57. The van der Waals surface area contributed by atoms with Crippen molar-refractivity contribution in [2.24, 2.45) is 0 Å². The quantitative estimate of drug-likeness (QED) is 0.103. The minimum Gasteiger partial charge on any atom is -0.480 e. The molecule has 1 aliphatic heterocycles. The number of carbonyl (C=O) groups excluding carboxylic acids is 1. The molecule has 2 heterocycles. The van der Waals surface area contributed by atoms with Gasteiger partial charge in [-0.2, -0.15) is 0 Å². The molecule has 51 heavy (non-hydrogen) atoms. The first kappa shape index (κ1) is 40.2. The third kappa shape index (κ3) is 15.3. The summed E-state index contributed by atoms with van der Waals surface area (Å²) in [5.74, 6) is -1.31. The van der Waals surface area contributed by atoms with Gasteiger partial charge in [0, 0.05) is 61.6 Å². The van der Waals surface area contributed by atoms with Crippen molar-refractivity contribution in [1.29, 1.82) is 0 Å². The van der Waals surface area contributed by atoms with E-state index in [1.807, 2.05) is 90.5 Å². The van der Waals surface area contributed by atoms with Crippen LogP contribution >= 0.6 is 35.7 Å². The number of carboxylic acid groups (broad SMARTS) is 2. The fraction of sp³-hybridized carbons (Fsp3) is 0.417. The van der Waals surface area contributed by atoms with Crippen molar-refractivity contribution >= 4 is 62.9 Å². The maximum Gasteiger partial charge on any atom is 0.317 e. The largest absolute Gasteiger partial charge is 0.480 e. The average Bonchev–Trinajstić information content (AvgIpc) is 3.07. The number of aromatic nitrogens is 1. The number of anilines is 1. The number of rotatable bonds is 14. The van der Waals surface area contributed by atoms with Gasteiger partial charge in [0.15, 0.2) is 5.11 Å². The summed E-state index contributed by atoms with van der Waals surface area (Å²) in [6, 6.07) is 21.1. The minimum atomic E-state index is -0.958. The van der Waals surface area contributed by atoms with E-state index >= 15 is 0 Å². The van der Waals surface area contributed by atoms with Crippen LogP contribution in [0.5, 0.6) is 0 Å². The molecule has 4 rings (SSSR count). The molecule has 0 saturated heterocycles. The second kappa shape index (κ2) is 21.1. The molecular weight excluding hydrogens is 709 g/mol. The molecule has 1 atom stereocenters. The third-order valence-corrected chi connectivity index (χ3v) is 10.2. The number of fused-ring (bicyclic) bond motifs is 2. The van der Waals surface area contributed by atoms with Crippen LogP contribution in [-0.2, 0) is 33.8 Å². The fourth-order valence-electron chi connectivity index (χ4n) is 5.53. The van der Waals surface area contributed by atoms with Crippen molar-refractivity contribution < 1.29 is 29.3 Å². The summed E-state index contributed by atoms with van der Waals surface area (Å²) in [6.07, 6.45) is 0.508. The standard InChI is InChI=1S/C36H46N6O6S3/c1-26-6-12-32(13-7-26)51-36(47)50-19-18-48-17-14-37-35(49)39-28-10-8-27(9-11-28)20-31-23-41(24-33(43)44)16-15-40(2)21-29-4-3-5-30(38-29)22-42(31)25-34(45)46/h3-13,31H,14-25H2,1-2H3,(H,43,44)(H,45,46)(H2,37,39,49). The number of nitrogens with one attached hydrogen (secondary N) is 2. The smallest absolute Gasteiger partial charge is 0.317 e. The monoisotopic (exact) mass is 754 g/mol. The van der Waals surface area contributed by atoms with Gasteiger partial charge < -0.3 is 25.6 Å². The van der Waals surface area contributed by atoms with Crippen LogP contribution in [0.4, 0.5) is 10.5 Å². The Bertz CT molecular complexity index is 1600. The molecular formula is C36H46N6O6S3. The van der Waals surface area contributed by atoms with Gasteiger partial charge in [-0.25, -0.2) is 0 Å². The number of benzene rings is 2. The Morgan fingerprint density at radius 3 is 2.35 bits per heavy atom. The number of likely N-dealkylation sites (N-methyl/N-ethyl adjacent to an activating group) is 1. The lowest BCUT2D eigenvalue weighted by molar-refractivity contribution is -0.141. The molecule has 1 aromatic heterocycles. The van der Waals surface area contributed by atoms with Crippen LogP contribution < -0.4 is 10.6 Å². The molecule has 15 heteroatoms. The Kier molecular flexibility index (Phi) is 16.6. The number of carboxylic acids is 2. The highest BCUT2D eigenvalue weighted by Gasteiger charge is 2.26. The van der Waals surface area contributed by atoms with Gasteiger partial charge in [0.25, 0.3) is 4.45 Å². The molecule has 1 aliphatic rings. The van der Waals surface area contributed by atoms with E-state index in [-0.39, 0.29) is 23.6 Å². The predicted octanol–water partition coefficient (Wildman–Crippen LogP) is 4.67. The Morgan fingerprint density at radius 1 is 0.941 bits per heavy atom. The van der Waals surface area contributed by atoms with E-state index in [0.717, 1.165) is 33.1 Å². The van der Waals surface area contributed by atoms with Gasteiger partial charge in [-0.3, -0.25) is 34.1 Å². The maximum absolute atomic E-state index is 12.2. The van der Waals surface area contributed by atoms with E-state index in [9.17, 15) is 24.6 Å². The van der Waals surface area contributed by atoms with Gasteiger partial charge in [0.2, 0.25) is 0 Å². The number of thioether (sulfide) groups is 2. The number of aliphatic carboxylic acids is 2. The minimum absolute atomic E-state index is 0.0386. The summed E-state index contributed by atoms with van der Waals surface area (Å²) in [5, 5.41) is 26.3. The van der Waals surface area contributed by atoms with Crippen LogP contribution in [0.15, 0.2) is 71.6 Å². The number of ether oxygens (including phenoxy) is 1. The summed E-state index contributed by atoms with van der Waals surface area (Å²) in [7, 11) is 1.98. The average molecular weight is 755 g/mol. The molecule has 274 valence electrons. The van der Waals surface area contributed by atoms with E-state index < -0.39 is 11.9 Å². The van der Waals surface area contributed by atoms with Gasteiger partial charge in [-0.1, -0.05) is 47.7 Å². The lowest BCUT2D eigenvalue weighted by Gasteiger charge is -2.35. The second-order valence-corrected chi connectivity index (χ2v) is 15.1. The first-order chi connectivity index (χ1) is 24.5. The van der Waals surface area contributed by atoms with Crippen LogP contribution in [0.25, 0.3) is 0 Å². The number of hydrogen-bond acceptors (Lipinski definition) is 11. The number of aryl methyl sites for hydroxylation is 1. The van der Waals surface area contributed by atoms with Crippen molar-refractivity contribution in [2.45, 2.75) is 37.4 Å². The number of pyridine rings is 1. The van der Waals surface area contributed by atoms with Gasteiger partial charge >= 0.3 is 11.9 Å². The van der Waals surface area contributed by atoms with Crippen LogP contribution in [0.2, 0.25) is 0 Å². The first-order valence-corrected chi connectivity index (χ1v) is 18.9. The number of nitrogens with zero attached hydrogens (tertiary/aromatic N) is 4. The normalized spacial score (nSPS) is 16.1. The lowest BCUT2D eigenvalue weighted by atomic mass is 10.0. The third-order valence-electron chi connectivity index (χ3n) is 8.03. The molecule has 0 spiro atoms. The van der Waals surface area contributed by atoms with Crippen LogP contribution in [0.3, 0.4) is 0 Å². The van der Waals surface area contributed by atoms with Gasteiger partial charge in [0.05, 0.1) is 37.7 Å². The van der Waals surface area contributed by atoms with E-state index in [4.69, 9.17) is 21.9 Å².